The standard InChI is InChI=1S/C24H15Cl4N3O2/c25-16-4-1-5-17(26)14(16)12-29-20-8-3-9-21-22(20)24(33,10-11-32)23(31-21)30-13-15-18(27)6-2-7-19(15)28/h1-9,11-13,33H,10H2. The molecule has 0 fully saturated rings. The molecule has 1 aliphatic heterocycles. The summed E-state index contributed by atoms with van der Waals surface area (Å²) in [7, 11) is 0. The number of halogens is 4. The lowest BCUT2D eigenvalue weighted by Crippen LogP contribution is -2.32. The summed E-state index contributed by atoms with van der Waals surface area (Å²) >= 11 is 24.9. The molecule has 1 atom stereocenters. The molecule has 1 N–H and O–H groups in total. The highest BCUT2D eigenvalue weighted by Gasteiger charge is 2.43. The summed E-state index contributed by atoms with van der Waals surface area (Å²) in [6.45, 7) is 0. The first-order valence-electron chi connectivity index (χ1n) is 9.70. The molecule has 1 aliphatic rings. The number of benzene rings is 3. The Morgan fingerprint density at radius 1 is 0.818 bits per heavy atom. The van der Waals surface area contributed by atoms with Crippen LogP contribution in [-0.4, -0.2) is 29.7 Å². The van der Waals surface area contributed by atoms with Crippen LogP contribution >= 0.6 is 46.4 Å². The average Bonchev–Trinajstić information content (AvgIpc) is 3.05. The fourth-order valence-corrected chi connectivity index (χ4v) is 4.44. The smallest absolute Gasteiger partial charge is 0.165 e. The van der Waals surface area contributed by atoms with Crippen molar-refractivity contribution in [3.05, 3.63) is 91.4 Å². The Bertz CT molecular complexity index is 1300. The Balaban J connectivity index is 1.77. The molecule has 1 heterocycles. The van der Waals surface area contributed by atoms with E-state index in [4.69, 9.17) is 46.4 Å². The van der Waals surface area contributed by atoms with Crippen LogP contribution in [0.1, 0.15) is 23.1 Å². The van der Waals surface area contributed by atoms with Crippen LogP contribution in [0.25, 0.3) is 0 Å². The number of fused-ring (bicyclic) bond motifs is 1. The van der Waals surface area contributed by atoms with Crippen LogP contribution in [0.5, 0.6) is 0 Å². The highest BCUT2D eigenvalue weighted by Crippen LogP contribution is 2.46. The van der Waals surface area contributed by atoms with Gasteiger partial charge in [0.15, 0.2) is 11.4 Å². The van der Waals surface area contributed by atoms with Crippen molar-refractivity contribution in [2.45, 2.75) is 12.0 Å². The highest BCUT2D eigenvalue weighted by atomic mass is 35.5. The van der Waals surface area contributed by atoms with Crippen LogP contribution in [0.4, 0.5) is 11.4 Å². The molecule has 0 saturated heterocycles. The maximum absolute atomic E-state index is 11.5. The largest absolute Gasteiger partial charge is 0.376 e. The van der Waals surface area contributed by atoms with Gasteiger partial charge in [0, 0.05) is 35.5 Å². The Labute approximate surface area is 210 Å². The third-order valence-corrected chi connectivity index (χ3v) is 6.38. The molecule has 0 saturated carbocycles. The summed E-state index contributed by atoms with van der Waals surface area (Å²) in [6, 6.07) is 15.3. The molecule has 3 aromatic rings. The van der Waals surface area contributed by atoms with Gasteiger partial charge in [-0.25, -0.2) is 9.98 Å². The van der Waals surface area contributed by atoms with Gasteiger partial charge in [-0.1, -0.05) is 64.6 Å². The van der Waals surface area contributed by atoms with Gasteiger partial charge < -0.3 is 9.90 Å². The monoisotopic (exact) mass is 517 g/mol. The summed E-state index contributed by atoms with van der Waals surface area (Å²) in [5.74, 6) is 0.0269. The molecule has 0 spiro atoms. The zero-order valence-corrected chi connectivity index (χ0v) is 19.9. The molecule has 3 aromatic carbocycles. The van der Waals surface area contributed by atoms with Gasteiger partial charge >= 0.3 is 0 Å². The van der Waals surface area contributed by atoms with Crippen LogP contribution in [0.3, 0.4) is 0 Å². The molecule has 166 valence electrons. The van der Waals surface area contributed by atoms with Crippen LogP contribution in [0.2, 0.25) is 20.1 Å². The maximum Gasteiger partial charge on any atom is 0.165 e. The fourth-order valence-electron chi connectivity index (χ4n) is 3.45. The van der Waals surface area contributed by atoms with Gasteiger partial charge in [0.05, 0.1) is 31.5 Å². The number of nitrogens with zero attached hydrogens (tertiary/aromatic N) is 3. The highest BCUT2D eigenvalue weighted by molar-refractivity contribution is 6.39. The minimum absolute atomic E-state index is 0.0269. The molecule has 4 rings (SSSR count). The van der Waals surface area contributed by atoms with Gasteiger partial charge in [-0.2, -0.15) is 0 Å². The molecule has 0 aromatic heterocycles. The zero-order valence-electron chi connectivity index (χ0n) is 16.8. The number of carbonyl (C=O) groups excluding carboxylic acids is 1. The molecule has 0 radical (unpaired) electrons. The fraction of sp³-hybridized carbons (Fsp3) is 0.0833. The van der Waals surface area contributed by atoms with Crippen molar-refractivity contribution in [2.75, 3.05) is 0 Å². The van der Waals surface area contributed by atoms with E-state index in [1.54, 1.807) is 54.6 Å². The molecule has 0 amide bonds. The normalized spacial score (nSPS) is 17.5. The van der Waals surface area contributed by atoms with Gasteiger partial charge in [0.1, 0.15) is 6.29 Å². The lowest BCUT2D eigenvalue weighted by molar-refractivity contribution is -0.110. The quantitative estimate of drug-likeness (QED) is 0.292. The van der Waals surface area contributed by atoms with Crippen molar-refractivity contribution in [2.24, 2.45) is 15.0 Å². The van der Waals surface area contributed by atoms with Crippen molar-refractivity contribution < 1.29 is 9.90 Å². The van der Waals surface area contributed by atoms with Gasteiger partial charge in [-0.15, -0.1) is 0 Å². The van der Waals surface area contributed by atoms with Crippen LogP contribution in [0.15, 0.2) is 69.6 Å². The minimum atomic E-state index is -1.79. The summed E-state index contributed by atoms with van der Waals surface area (Å²) in [6.07, 6.45) is 3.25. The number of carbonyl (C=O) groups is 1. The summed E-state index contributed by atoms with van der Waals surface area (Å²) < 4.78 is 0. The van der Waals surface area contributed by atoms with E-state index in [1.807, 2.05) is 0 Å². The van der Waals surface area contributed by atoms with E-state index in [-0.39, 0.29) is 12.3 Å². The van der Waals surface area contributed by atoms with Crippen molar-refractivity contribution in [3.8, 4) is 0 Å². The molecule has 33 heavy (non-hydrogen) atoms. The van der Waals surface area contributed by atoms with Gasteiger partial charge in [-0.05, 0) is 36.4 Å². The lowest BCUT2D eigenvalue weighted by Gasteiger charge is -2.22. The van der Waals surface area contributed by atoms with Crippen LogP contribution in [-0.2, 0) is 10.4 Å². The van der Waals surface area contributed by atoms with Crippen molar-refractivity contribution in [1.29, 1.82) is 0 Å². The van der Waals surface area contributed by atoms with E-state index in [0.29, 0.717) is 54.4 Å². The van der Waals surface area contributed by atoms with Gasteiger partial charge in [0.25, 0.3) is 0 Å². The van der Waals surface area contributed by atoms with Crippen molar-refractivity contribution >= 4 is 82.3 Å². The Kier molecular flexibility index (Phi) is 6.98. The van der Waals surface area contributed by atoms with Crippen molar-refractivity contribution in [3.63, 3.8) is 0 Å². The first kappa shape index (κ1) is 23.6. The predicted octanol–water partition coefficient (Wildman–Crippen LogP) is 6.99. The first-order chi connectivity index (χ1) is 15.8. The summed E-state index contributed by atoms with van der Waals surface area (Å²) in [5.41, 5.74) is 0.407. The number of aliphatic hydroxyl groups is 1. The Hall–Kier alpha value is -2.54. The SMILES string of the molecule is O=CCC1(O)C(N=Cc2c(Cl)cccc2Cl)=Nc2cccc(N=Cc3c(Cl)cccc3Cl)c21. The first-order valence-corrected chi connectivity index (χ1v) is 11.2. The number of amidine groups is 1. The minimum Gasteiger partial charge on any atom is -0.376 e. The van der Waals surface area contributed by atoms with E-state index in [1.165, 1.54) is 12.4 Å². The van der Waals surface area contributed by atoms with E-state index in [9.17, 15) is 9.90 Å². The van der Waals surface area contributed by atoms with E-state index < -0.39 is 5.60 Å². The van der Waals surface area contributed by atoms with Crippen LogP contribution < -0.4 is 0 Å². The average molecular weight is 519 g/mol. The molecule has 1 unspecified atom stereocenters. The molecule has 9 heteroatoms. The second kappa shape index (κ2) is 9.75. The third kappa shape index (κ3) is 4.60. The number of aldehydes is 1. The topological polar surface area (TPSA) is 74.4 Å². The molecule has 0 bridgehead atoms. The van der Waals surface area contributed by atoms with Crippen LogP contribution in [0, 0.1) is 0 Å². The lowest BCUT2D eigenvalue weighted by atomic mass is 9.89. The van der Waals surface area contributed by atoms with Crippen molar-refractivity contribution in [1.82, 2.24) is 0 Å². The zero-order chi connectivity index (χ0) is 23.6. The number of rotatable bonds is 5. The number of aliphatic imine (C=N–C) groups is 3. The number of hydrogen-bond acceptors (Lipinski definition) is 5. The number of hydrogen-bond donors (Lipinski definition) is 1. The van der Waals surface area contributed by atoms with Gasteiger partial charge in [0.2, 0.25) is 0 Å². The second-order valence-corrected chi connectivity index (χ2v) is 8.75. The Morgan fingerprint density at radius 2 is 1.33 bits per heavy atom. The molecule has 5 nitrogen and oxygen atoms in total. The second-order valence-electron chi connectivity index (χ2n) is 7.12. The van der Waals surface area contributed by atoms with E-state index in [0.717, 1.165) is 0 Å². The molecular formula is C24H15Cl4N3O2. The maximum atomic E-state index is 11.5. The van der Waals surface area contributed by atoms with E-state index >= 15 is 0 Å². The summed E-state index contributed by atoms with van der Waals surface area (Å²) in [4.78, 5) is 24.8. The predicted molar refractivity (Wildman–Crippen MR) is 136 cm³/mol. The van der Waals surface area contributed by atoms with E-state index in [2.05, 4.69) is 15.0 Å². The molecule has 0 aliphatic carbocycles. The van der Waals surface area contributed by atoms with Gasteiger partial charge in [-0.3, -0.25) is 4.99 Å². The summed E-state index contributed by atoms with van der Waals surface area (Å²) in [5, 5.41) is 13.2. The third-order valence-electron chi connectivity index (χ3n) is 5.06. The Morgan fingerprint density at radius 3 is 1.88 bits per heavy atom. The molecular weight excluding hydrogens is 504 g/mol.